The van der Waals surface area contributed by atoms with E-state index in [1.165, 1.54) is 6.92 Å². The van der Waals surface area contributed by atoms with Crippen LogP contribution < -0.4 is 5.32 Å². The molecule has 1 N–H and O–H groups in total. The third kappa shape index (κ3) is 4.69. The first kappa shape index (κ1) is 11.8. The van der Waals surface area contributed by atoms with Crippen LogP contribution in [-0.2, 0) is 9.59 Å². The van der Waals surface area contributed by atoms with E-state index in [4.69, 9.17) is 0 Å². The summed E-state index contributed by atoms with van der Waals surface area (Å²) < 4.78 is 0.659. The lowest BCUT2D eigenvalue weighted by Crippen LogP contribution is -2.12. The van der Waals surface area contributed by atoms with Gasteiger partial charge in [-0.15, -0.1) is 0 Å². The Bertz CT molecular complexity index is 379. The van der Waals surface area contributed by atoms with Crippen LogP contribution >= 0.6 is 15.9 Å². The summed E-state index contributed by atoms with van der Waals surface area (Å²) in [5, 5.41) is 2.68. The highest BCUT2D eigenvalue weighted by atomic mass is 79.9. The van der Waals surface area contributed by atoms with Gasteiger partial charge in [-0.1, -0.05) is 0 Å². The molecule has 5 heteroatoms. The lowest BCUT2D eigenvalue weighted by Gasteiger charge is -2.03. The number of halogens is 1. The molecule has 0 aliphatic carbocycles. The zero-order valence-electron chi connectivity index (χ0n) is 8.29. The van der Waals surface area contributed by atoms with Gasteiger partial charge in [0.15, 0.2) is 0 Å². The summed E-state index contributed by atoms with van der Waals surface area (Å²) in [5.74, 6) is -0.149. The Balaban J connectivity index is 2.48. The topological polar surface area (TPSA) is 59.1 Å². The number of pyridine rings is 1. The highest BCUT2D eigenvalue weighted by molar-refractivity contribution is 9.10. The van der Waals surface area contributed by atoms with Crippen molar-refractivity contribution in [1.29, 1.82) is 0 Å². The number of ketones is 1. The van der Waals surface area contributed by atoms with Crippen molar-refractivity contribution in [2.75, 3.05) is 5.32 Å². The van der Waals surface area contributed by atoms with Crippen LogP contribution in [0, 0.1) is 0 Å². The molecule has 0 fully saturated rings. The Hall–Kier alpha value is -1.23. The SMILES string of the molecule is CC(=O)CCC(=O)Nc1ccnc(Br)c1. The van der Waals surface area contributed by atoms with Gasteiger partial charge in [0.05, 0.1) is 0 Å². The number of amides is 1. The van der Waals surface area contributed by atoms with Gasteiger partial charge in [-0.25, -0.2) is 4.98 Å². The first-order valence-corrected chi connectivity index (χ1v) is 5.28. The Morgan fingerprint density at radius 1 is 1.47 bits per heavy atom. The van der Waals surface area contributed by atoms with E-state index in [1.807, 2.05) is 0 Å². The first-order valence-electron chi connectivity index (χ1n) is 4.49. The molecule has 0 aliphatic heterocycles. The molecule has 0 aliphatic rings. The largest absolute Gasteiger partial charge is 0.326 e. The number of rotatable bonds is 4. The van der Waals surface area contributed by atoms with E-state index in [2.05, 4.69) is 26.2 Å². The molecule has 1 rings (SSSR count). The van der Waals surface area contributed by atoms with Gasteiger partial charge in [-0.3, -0.25) is 4.79 Å². The molecule has 0 saturated carbocycles. The molecule has 1 aromatic rings. The number of anilines is 1. The van der Waals surface area contributed by atoms with Crippen LogP contribution in [0.15, 0.2) is 22.9 Å². The molecule has 0 atom stereocenters. The molecule has 0 unspecified atom stereocenters. The second-order valence-electron chi connectivity index (χ2n) is 3.12. The van der Waals surface area contributed by atoms with Crippen molar-refractivity contribution in [3.63, 3.8) is 0 Å². The molecular weight excluding hydrogens is 260 g/mol. The predicted octanol–water partition coefficient (Wildman–Crippen LogP) is 2.15. The van der Waals surface area contributed by atoms with Gasteiger partial charge in [0.25, 0.3) is 0 Å². The third-order valence-corrected chi connectivity index (χ3v) is 2.15. The van der Waals surface area contributed by atoms with Gasteiger partial charge in [0.1, 0.15) is 10.4 Å². The zero-order chi connectivity index (χ0) is 11.3. The van der Waals surface area contributed by atoms with Gasteiger partial charge in [-0.2, -0.15) is 0 Å². The summed E-state index contributed by atoms with van der Waals surface area (Å²) in [4.78, 5) is 25.9. The smallest absolute Gasteiger partial charge is 0.224 e. The number of carbonyl (C=O) groups is 2. The van der Waals surface area contributed by atoms with E-state index in [-0.39, 0.29) is 24.5 Å². The van der Waals surface area contributed by atoms with Crippen molar-refractivity contribution in [2.24, 2.45) is 0 Å². The van der Waals surface area contributed by atoms with E-state index in [0.717, 1.165) is 0 Å². The Labute approximate surface area is 96.2 Å². The van der Waals surface area contributed by atoms with E-state index < -0.39 is 0 Å². The van der Waals surface area contributed by atoms with Crippen LogP contribution in [0.5, 0.6) is 0 Å². The number of Topliss-reactive ketones (excluding diaryl/α,β-unsaturated/α-hetero) is 1. The number of hydrogen-bond acceptors (Lipinski definition) is 3. The van der Waals surface area contributed by atoms with Gasteiger partial charge in [0, 0.05) is 24.7 Å². The van der Waals surface area contributed by atoms with Gasteiger partial charge in [-0.05, 0) is 35.0 Å². The maximum absolute atomic E-state index is 11.3. The number of hydrogen-bond donors (Lipinski definition) is 1. The van der Waals surface area contributed by atoms with Crippen LogP contribution in [0.3, 0.4) is 0 Å². The normalized spacial score (nSPS) is 9.73. The van der Waals surface area contributed by atoms with Gasteiger partial charge in [0.2, 0.25) is 5.91 Å². The molecule has 0 saturated heterocycles. The number of carbonyl (C=O) groups excluding carboxylic acids is 2. The molecule has 0 spiro atoms. The Morgan fingerprint density at radius 3 is 2.80 bits per heavy atom. The Morgan fingerprint density at radius 2 is 2.20 bits per heavy atom. The molecule has 80 valence electrons. The lowest BCUT2D eigenvalue weighted by atomic mass is 10.2. The summed E-state index contributed by atoms with van der Waals surface area (Å²) >= 11 is 3.20. The molecular formula is C10H11BrN2O2. The average Bonchev–Trinajstić information content (AvgIpc) is 2.15. The van der Waals surface area contributed by atoms with Crippen LogP contribution in [0.1, 0.15) is 19.8 Å². The Kier molecular flexibility index (Phi) is 4.42. The van der Waals surface area contributed by atoms with E-state index in [9.17, 15) is 9.59 Å². The maximum atomic E-state index is 11.3. The molecule has 0 radical (unpaired) electrons. The molecule has 15 heavy (non-hydrogen) atoms. The van der Waals surface area contributed by atoms with Crippen LogP contribution in [0.25, 0.3) is 0 Å². The van der Waals surface area contributed by atoms with Crippen molar-refractivity contribution >= 4 is 33.3 Å². The van der Waals surface area contributed by atoms with E-state index in [0.29, 0.717) is 10.3 Å². The predicted molar refractivity (Wildman–Crippen MR) is 60.5 cm³/mol. The minimum atomic E-state index is -0.164. The molecule has 4 nitrogen and oxygen atoms in total. The zero-order valence-corrected chi connectivity index (χ0v) is 9.87. The molecule has 0 aromatic carbocycles. The van der Waals surface area contributed by atoms with Crippen molar-refractivity contribution in [2.45, 2.75) is 19.8 Å². The summed E-state index contributed by atoms with van der Waals surface area (Å²) in [6, 6.07) is 3.39. The number of aromatic nitrogens is 1. The summed E-state index contributed by atoms with van der Waals surface area (Å²) in [6.07, 6.45) is 2.08. The first-order chi connectivity index (χ1) is 7.08. The second kappa shape index (κ2) is 5.60. The summed E-state index contributed by atoms with van der Waals surface area (Å²) in [5.41, 5.74) is 0.672. The number of nitrogens with one attached hydrogen (secondary N) is 1. The maximum Gasteiger partial charge on any atom is 0.224 e. The van der Waals surface area contributed by atoms with E-state index >= 15 is 0 Å². The van der Waals surface area contributed by atoms with Crippen molar-refractivity contribution in [3.05, 3.63) is 22.9 Å². The van der Waals surface area contributed by atoms with Crippen molar-refractivity contribution < 1.29 is 9.59 Å². The fraction of sp³-hybridized carbons (Fsp3) is 0.300. The molecule has 0 bridgehead atoms. The summed E-state index contributed by atoms with van der Waals surface area (Å²) in [7, 11) is 0. The quantitative estimate of drug-likeness (QED) is 0.853. The third-order valence-electron chi connectivity index (χ3n) is 1.71. The summed E-state index contributed by atoms with van der Waals surface area (Å²) in [6.45, 7) is 1.47. The van der Waals surface area contributed by atoms with Crippen molar-refractivity contribution in [1.82, 2.24) is 4.98 Å². The van der Waals surface area contributed by atoms with Crippen LogP contribution in [0.4, 0.5) is 5.69 Å². The highest BCUT2D eigenvalue weighted by Gasteiger charge is 2.04. The van der Waals surface area contributed by atoms with Crippen molar-refractivity contribution in [3.8, 4) is 0 Å². The number of nitrogens with zero attached hydrogens (tertiary/aromatic N) is 1. The highest BCUT2D eigenvalue weighted by Crippen LogP contribution is 2.12. The second-order valence-corrected chi connectivity index (χ2v) is 3.93. The average molecular weight is 271 g/mol. The minimum Gasteiger partial charge on any atom is -0.326 e. The van der Waals surface area contributed by atoms with Gasteiger partial charge < -0.3 is 10.1 Å². The van der Waals surface area contributed by atoms with E-state index in [1.54, 1.807) is 18.3 Å². The minimum absolute atomic E-state index is 0.0149. The fourth-order valence-electron chi connectivity index (χ4n) is 0.993. The molecule has 1 aromatic heterocycles. The monoisotopic (exact) mass is 270 g/mol. The fourth-order valence-corrected chi connectivity index (χ4v) is 1.36. The van der Waals surface area contributed by atoms with Gasteiger partial charge >= 0.3 is 0 Å². The standard InChI is InChI=1S/C10H11BrN2O2/c1-7(14)2-3-10(15)13-8-4-5-12-9(11)6-8/h4-6H,2-3H2,1H3,(H,12,13,15). The lowest BCUT2D eigenvalue weighted by molar-refractivity contribution is -0.121. The molecule has 1 amide bonds. The molecule has 1 heterocycles. The van der Waals surface area contributed by atoms with Crippen LogP contribution in [0.2, 0.25) is 0 Å². The van der Waals surface area contributed by atoms with Crippen LogP contribution in [-0.4, -0.2) is 16.7 Å².